The van der Waals surface area contributed by atoms with Crippen molar-refractivity contribution in [2.24, 2.45) is 13.0 Å². The molecule has 1 aromatic heterocycles. The van der Waals surface area contributed by atoms with Crippen molar-refractivity contribution in [3.8, 4) is 0 Å². The maximum Gasteiger partial charge on any atom is 0.272 e. The number of hydrogen-bond donors (Lipinski definition) is 1. The van der Waals surface area contributed by atoms with Gasteiger partial charge < -0.3 is 5.32 Å². The van der Waals surface area contributed by atoms with E-state index in [2.05, 4.69) is 17.3 Å². The number of rotatable bonds is 6. The maximum atomic E-state index is 12.2. The molecule has 4 nitrogen and oxygen atoms in total. The fourth-order valence-corrected chi connectivity index (χ4v) is 2.35. The van der Waals surface area contributed by atoms with E-state index in [0.717, 1.165) is 23.7 Å². The molecule has 0 aliphatic carbocycles. The summed E-state index contributed by atoms with van der Waals surface area (Å²) in [6.07, 6.45) is 1.96. The Kier molecular flexibility index (Phi) is 5.01. The van der Waals surface area contributed by atoms with E-state index in [0.29, 0.717) is 24.0 Å². The molecule has 2 rings (SSSR count). The van der Waals surface area contributed by atoms with Crippen LogP contribution in [0.15, 0.2) is 24.3 Å². The summed E-state index contributed by atoms with van der Waals surface area (Å²) in [4.78, 5) is 12.2. The monoisotopic (exact) mass is 293 g/mol. The molecule has 0 fully saturated rings. The van der Waals surface area contributed by atoms with Crippen LogP contribution in [0, 0.1) is 5.92 Å². The fraction of sp³-hybridized carbons (Fsp3) is 0.467. The molecule has 1 amide bonds. The fourth-order valence-electron chi connectivity index (χ4n) is 2.19. The maximum absolute atomic E-state index is 12.2. The first-order valence-electron chi connectivity index (χ1n) is 6.89. The summed E-state index contributed by atoms with van der Waals surface area (Å²) >= 11 is 5.76. The number of amides is 1. The van der Waals surface area contributed by atoms with Crippen molar-refractivity contribution in [3.63, 3.8) is 0 Å². The second-order valence-electron chi connectivity index (χ2n) is 5.15. The highest BCUT2D eigenvalue weighted by molar-refractivity contribution is 6.18. The van der Waals surface area contributed by atoms with E-state index in [1.807, 2.05) is 31.3 Å². The summed E-state index contributed by atoms with van der Waals surface area (Å²) in [7, 11) is 1.85. The molecule has 0 aliphatic heterocycles. The molecule has 5 heteroatoms. The van der Waals surface area contributed by atoms with E-state index in [1.165, 1.54) is 0 Å². The number of carbonyl (C=O) groups is 1. The van der Waals surface area contributed by atoms with E-state index in [9.17, 15) is 4.79 Å². The highest BCUT2D eigenvalue weighted by atomic mass is 35.5. The molecule has 0 spiro atoms. The van der Waals surface area contributed by atoms with Crippen LogP contribution in [-0.4, -0.2) is 28.1 Å². The second-order valence-corrected chi connectivity index (χ2v) is 5.46. The number of aromatic nitrogens is 2. The lowest BCUT2D eigenvalue weighted by Gasteiger charge is -2.07. The zero-order valence-electron chi connectivity index (χ0n) is 11.9. The Bertz CT molecular complexity index is 594. The number of alkyl halides is 1. The number of nitrogens with zero attached hydrogens (tertiary/aromatic N) is 2. The second kappa shape index (κ2) is 6.75. The van der Waals surface area contributed by atoms with Gasteiger partial charge in [0.15, 0.2) is 5.69 Å². The summed E-state index contributed by atoms with van der Waals surface area (Å²) in [6.45, 7) is 2.77. The summed E-state index contributed by atoms with van der Waals surface area (Å²) in [5, 5.41) is 8.12. The molecule has 1 heterocycles. The molecule has 1 unspecified atom stereocenters. The van der Waals surface area contributed by atoms with E-state index in [4.69, 9.17) is 11.6 Å². The zero-order chi connectivity index (χ0) is 14.5. The molecule has 2 aromatic rings. The first-order valence-corrected chi connectivity index (χ1v) is 7.43. The van der Waals surface area contributed by atoms with Crippen LogP contribution in [0.25, 0.3) is 10.9 Å². The summed E-state index contributed by atoms with van der Waals surface area (Å²) in [5.41, 5.74) is 1.46. The Hall–Kier alpha value is -1.55. The van der Waals surface area contributed by atoms with Crippen molar-refractivity contribution in [3.05, 3.63) is 30.0 Å². The minimum atomic E-state index is -0.111. The molecule has 1 aromatic carbocycles. The lowest BCUT2D eigenvalue weighted by Crippen LogP contribution is -2.25. The predicted molar refractivity (Wildman–Crippen MR) is 82.2 cm³/mol. The van der Waals surface area contributed by atoms with E-state index < -0.39 is 0 Å². The van der Waals surface area contributed by atoms with Gasteiger partial charge >= 0.3 is 0 Å². The number of halogens is 1. The quantitative estimate of drug-likeness (QED) is 0.657. The van der Waals surface area contributed by atoms with Crippen LogP contribution in [0.4, 0.5) is 0 Å². The van der Waals surface area contributed by atoms with Crippen LogP contribution in [0.3, 0.4) is 0 Å². The number of aryl methyl sites for hydroxylation is 1. The lowest BCUT2D eigenvalue weighted by atomic mass is 10.1. The molecule has 108 valence electrons. The van der Waals surface area contributed by atoms with Gasteiger partial charge in [-0.05, 0) is 24.8 Å². The van der Waals surface area contributed by atoms with Crippen LogP contribution in [0.1, 0.15) is 30.3 Å². The van der Waals surface area contributed by atoms with E-state index in [1.54, 1.807) is 4.68 Å². The Balaban J connectivity index is 1.98. The first-order chi connectivity index (χ1) is 9.63. The molecular weight excluding hydrogens is 274 g/mol. The summed E-state index contributed by atoms with van der Waals surface area (Å²) in [5.74, 6) is 1.04. The summed E-state index contributed by atoms with van der Waals surface area (Å²) in [6, 6.07) is 7.75. The van der Waals surface area contributed by atoms with Gasteiger partial charge in [0.25, 0.3) is 5.91 Å². The number of hydrogen-bond acceptors (Lipinski definition) is 2. The summed E-state index contributed by atoms with van der Waals surface area (Å²) < 4.78 is 1.74. The Morgan fingerprint density at radius 2 is 2.20 bits per heavy atom. The minimum absolute atomic E-state index is 0.111. The Morgan fingerprint density at radius 3 is 2.95 bits per heavy atom. The van der Waals surface area contributed by atoms with Crippen LogP contribution >= 0.6 is 11.6 Å². The van der Waals surface area contributed by atoms with Gasteiger partial charge in [0, 0.05) is 24.9 Å². The van der Waals surface area contributed by atoms with Crippen molar-refractivity contribution < 1.29 is 4.79 Å². The predicted octanol–water partition coefficient (Wildman–Crippen LogP) is 2.96. The van der Waals surface area contributed by atoms with Gasteiger partial charge in [0.2, 0.25) is 0 Å². The van der Waals surface area contributed by atoms with Crippen molar-refractivity contribution in [1.29, 1.82) is 0 Å². The molecule has 0 bridgehead atoms. The largest absolute Gasteiger partial charge is 0.351 e. The minimum Gasteiger partial charge on any atom is -0.351 e. The average Bonchev–Trinajstić information content (AvgIpc) is 2.81. The number of fused-ring (bicyclic) bond motifs is 1. The van der Waals surface area contributed by atoms with Gasteiger partial charge in [-0.1, -0.05) is 25.1 Å². The van der Waals surface area contributed by atoms with Gasteiger partial charge in [-0.3, -0.25) is 9.48 Å². The molecule has 1 N–H and O–H groups in total. The highest BCUT2D eigenvalue weighted by Crippen LogP contribution is 2.17. The Morgan fingerprint density at radius 1 is 1.45 bits per heavy atom. The third-order valence-electron chi connectivity index (χ3n) is 3.40. The van der Waals surface area contributed by atoms with Crippen molar-refractivity contribution >= 4 is 28.4 Å². The van der Waals surface area contributed by atoms with E-state index in [-0.39, 0.29) is 5.91 Å². The lowest BCUT2D eigenvalue weighted by molar-refractivity contribution is 0.0948. The molecule has 0 aliphatic rings. The number of carbonyl (C=O) groups excluding carboxylic acids is 1. The van der Waals surface area contributed by atoms with Crippen LogP contribution in [0.2, 0.25) is 0 Å². The van der Waals surface area contributed by atoms with Gasteiger partial charge in [-0.25, -0.2) is 0 Å². The molecule has 1 atom stereocenters. The normalized spacial score (nSPS) is 12.6. The van der Waals surface area contributed by atoms with E-state index >= 15 is 0 Å². The van der Waals surface area contributed by atoms with Crippen LogP contribution in [0.5, 0.6) is 0 Å². The van der Waals surface area contributed by atoms with Gasteiger partial charge in [-0.2, -0.15) is 5.10 Å². The highest BCUT2D eigenvalue weighted by Gasteiger charge is 2.14. The third kappa shape index (κ3) is 3.31. The molecule has 0 saturated heterocycles. The topological polar surface area (TPSA) is 46.9 Å². The molecule has 20 heavy (non-hydrogen) atoms. The SMILES string of the molecule is CC(CCl)CCCNC(=O)c1nn(C)c2ccccc12. The third-order valence-corrected chi connectivity index (χ3v) is 3.92. The standard InChI is InChI=1S/C15H20ClN3O/c1-11(10-16)6-5-9-17-15(20)14-12-7-3-4-8-13(12)19(2)18-14/h3-4,7-8,11H,5-6,9-10H2,1-2H3,(H,17,20). The van der Waals surface area contributed by atoms with Gasteiger partial charge in [-0.15, -0.1) is 11.6 Å². The van der Waals surface area contributed by atoms with Gasteiger partial charge in [0.05, 0.1) is 5.52 Å². The first kappa shape index (κ1) is 14.9. The van der Waals surface area contributed by atoms with Crippen LogP contribution < -0.4 is 5.32 Å². The molecule has 0 radical (unpaired) electrons. The van der Waals surface area contributed by atoms with Crippen molar-refractivity contribution in [2.45, 2.75) is 19.8 Å². The molecule has 0 saturated carbocycles. The number of nitrogens with one attached hydrogen (secondary N) is 1. The smallest absolute Gasteiger partial charge is 0.272 e. The van der Waals surface area contributed by atoms with Crippen LogP contribution in [-0.2, 0) is 7.05 Å². The van der Waals surface area contributed by atoms with Crippen molar-refractivity contribution in [1.82, 2.24) is 15.1 Å². The average molecular weight is 294 g/mol. The van der Waals surface area contributed by atoms with Gasteiger partial charge in [0.1, 0.15) is 0 Å². The number of benzene rings is 1. The Labute approximate surface area is 124 Å². The van der Waals surface area contributed by atoms with Crippen molar-refractivity contribution in [2.75, 3.05) is 12.4 Å². The number of para-hydroxylation sites is 1. The molecular formula is C15H20ClN3O. The zero-order valence-corrected chi connectivity index (χ0v) is 12.7.